The van der Waals surface area contributed by atoms with Crippen molar-refractivity contribution in [2.45, 2.75) is 18.9 Å². The molecule has 1 rings (SSSR count). The van der Waals surface area contributed by atoms with Gasteiger partial charge in [0.05, 0.1) is 11.5 Å². The zero-order valence-electron chi connectivity index (χ0n) is 7.34. The first-order valence-electron chi connectivity index (χ1n) is 4.13. The lowest BCUT2D eigenvalue weighted by Crippen LogP contribution is -2.45. The highest BCUT2D eigenvalue weighted by atomic mass is 32.2. The zero-order chi connectivity index (χ0) is 9.24. The standard InChI is InChI=1S/C7H16N2O2S/c1-7(9-4-3-8)2-5-12(10,11)6-7/h9H,2-6,8H2,1H3. The molecule has 1 unspecified atom stereocenters. The summed E-state index contributed by atoms with van der Waals surface area (Å²) in [5.41, 5.74) is 5.08. The van der Waals surface area contributed by atoms with Crippen molar-refractivity contribution in [2.24, 2.45) is 5.73 Å². The van der Waals surface area contributed by atoms with E-state index in [-0.39, 0.29) is 11.3 Å². The summed E-state index contributed by atoms with van der Waals surface area (Å²) in [5, 5.41) is 3.16. The molecule has 1 fully saturated rings. The van der Waals surface area contributed by atoms with Crippen LogP contribution in [0.2, 0.25) is 0 Å². The highest BCUT2D eigenvalue weighted by Gasteiger charge is 2.37. The van der Waals surface area contributed by atoms with Crippen LogP contribution in [0.5, 0.6) is 0 Å². The first-order chi connectivity index (χ1) is 5.47. The van der Waals surface area contributed by atoms with Gasteiger partial charge in [-0.3, -0.25) is 0 Å². The molecule has 1 saturated heterocycles. The summed E-state index contributed by atoms with van der Waals surface area (Å²) in [6.07, 6.45) is 0.704. The van der Waals surface area contributed by atoms with Gasteiger partial charge in [-0.2, -0.15) is 0 Å². The summed E-state index contributed by atoms with van der Waals surface area (Å²) < 4.78 is 22.3. The van der Waals surface area contributed by atoms with E-state index in [0.717, 1.165) is 0 Å². The second-order valence-electron chi connectivity index (χ2n) is 3.62. The van der Waals surface area contributed by atoms with Crippen LogP contribution >= 0.6 is 0 Å². The minimum atomic E-state index is -2.79. The number of nitrogens with two attached hydrogens (primary N) is 1. The van der Waals surface area contributed by atoms with E-state index in [2.05, 4.69) is 5.32 Å². The largest absolute Gasteiger partial charge is 0.329 e. The highest BCUT2D eigenvalue weighted by Crippen LogP contribution is 2.22. The number of sulfone groups is 1. The van der Waals surface area contributed by atoms with Gasteiger partial charge < -0.3 is 11.1 Å². The van der Waals surface area contributed by atoms with Crippen molar-refractivity contribution in [3.8, 4) is 0 Å². The van der Waals surface area contributed by atoms with Crippen LogP contribution in [-0.2, 0) is 9.84 Å². The predicted molar refractivity (Wildman–Crippen MR) is 48.7 cm³/mol. The van der Waals surface area contributed by atoms with Crippen LogP contribution in [0.3, 0.4) is 0 Å². The van der Waals surface area contributed by atoms with E-state index in [9.17, 15) is 8.42 Å². The Morgan fingerprint density at radius 2 is 2.25 bits per heavy atom. The first-order valence-corrected chi connectivity index (χ1v) is 5.95. The molecule has 0 amide bonds. The van der Waals surface area contributed by atoms with Gasteiger partial charge in [0.1, 0.15) is 0 Å². The lowest BCUT2D eigenvalue weighted by molar-refractivity contribution is 0.403. The topological polar surface area (TPSA) is 72.2 Å². The first kappa shape index (κ1) is 9.95. The Bertz CT molecular complexity index is 250. The van der Waals surface area contributed by atoms with Crippen molar-refractivity contribution < 1.29 is 8.42 Å². The fourth-order valence-corrected chi connectivity index (χ4v) is 3.65. The van der Waals surface area contributed by atoms with Crippen molar-refractivity contribution in [2.75, 3.05) is 24.6 Å². The van der Waals surface area contributed by atoms with Crippen molar-refractivity contribution in [1.29, 1.82) is 0 Å². The van der Waals surface area contributed by atoms with Gasteiger partial charge in [0.25, 0.3) is 0 Å². The van der Waals surface area contributed by atoms with Gasteiger partial charge in [-0.15, -0.1) is 0 Å². The molecule has 0 spiro atoms. The summed E-state index contributed by atoms with van der Waals surface area (Å²) in [6.45, 7) is 3.18. The van der Waals surface area contributed by atoms with E-state index in [1.165, 1.54) is 0 Å². The molecule has 0 radical (unpaired) electrons. The van der Waals surface area contributed by atoms with Gasteiger partial charge >= 0.3 is 0 Å². The molecule has 1 heterocycles. The molecule has 72 valence electrons. The summed E-state index contributed by atoms with van der Waals surface area (Å²) in [4.78, 5) is 0. The van der Waals surface area contributed by atoms with Gasteiger partial charge in [0.15, 0.2) is 9.84 Å². The van der Waals surface area contributed by atoms with Crippen LogP contribution in [0.1, 0.15) is 13.3 Å². The molecule has 3 N–H and O–H groups in total. The fraction of sp³-hybridized carbons (Fsp3) is 1.00. The van der Waals surface area contributed by atoms with E-state index >= 15 is 0 Å². The molecule has 0 aromatic carbocycles. The predicted octanol–water partition coefficient (Wildman–Crippen LogP) is -0.888. The van der Waals surface area contributed by atoms with Gasteiger partial charge in [0.2, 0.25) is 0 Å². The van der Waals surface area contributed by atoms with Crippen molar-refractivity contribution in [3.63, 3.8) is 0 Å². The van der Waals surface area contributed by atoms with E-state index in [4.69, 9.17) is 5.73 Å². The maximum Gasteiger partial charge on any atom is 0.152 e. The van der Waals surface area contributed by atoms with Crippen LogP contribution in [0.15, 0.2) is 0 Å². The Kier molecular flexibility index (Phi) is 2.75. The fourth-order valence-electron chi connectivity index (χ4n) is 1.52. The third kappa shape index (κ3) is 2.43. The molecule has 0 aromatic heterocycles. The molecule has 1 aliphatic rings. The van der Waals surface area contributed by atoms with E-state index < -0.39 is 9.84 Å². The summed E-state index contributed by atoms with van der Waals surface area (Å²) >= 11 is 0. The van der Waals surface area contributed by atoms with Crippen LogP contribution < -0.4 is 11.1 Å². The number of rotatable bonds is 3. The van der Waals surface area contributed by atoms with Crippen LogP contribution in [0.4, 0.5) is 0 Å². The normalized spacial score (nSPS) is 33.8. The third-order valence-corrected chi connectivity index (χ3v) is 4.10. The van der Waals surface area contributed by atoms with Gasteiger partial charge in [0, 0.05) is 18.6 Å². The minimum Gasteiger partial charge on any atom is -0.329 e. The molecule has 0 aliphatic carbocycles. The Balaban J connectivity index is 2.53. The average Bonchev–Trinajstić information content (AvgIpc) is 2.23. The Morgan fingerprint density at radius 3 is 2.67 bits per heavy atom. The Hall–Kier alpha value is -0.130. The molecule has 0 aromatic rings. The lowest BCUT2D eigenvalue weighted by atomic mass is 10.0. The van der Waals surface area contributed by atoms with E-state index in [1.54, 1.807) is 0 Å². The quantitative estimate of drug-likeness (QED) is 0.608. The summed E-state index contributed by atoms with van der Waals surface area (Å²) in [6, 6.07) is 0. The molecule has 1 aliphatic heterocycles. The molecule has 5 heteroatoms. The lowest BCUT2D eigenvalue weighted by Gasteiger charge is -2.23. The van der Waals surface area contributed by atoms with E-state index in [0.29, 0.717) is 25.3 Å². The molecule has 1 atom stereocenters. The van der Waals surface area contributed by atoms with Gasteiger partial charge in [-0.1, -0.05) is 0 Å². The summed E-state index contributed by atoms with van der Waals surface area (Å²) in [5.74, 6) is 0.557. The minimum absolute atomic E-state index is 0.238. The molecular formula is C7H16N2O2S. The zero-order valence-corrected chi connectivity index (χ0v) is 8.15. The van der Waals surface area contributed by atoms with Crippen LogP contribution in [0.25, 0.3) is 0 Å². The maximum atomic E-state index is 11.1. The average molecular weight is 192 g/mol. The summed E-state index contributed by atoms with van der Waals surface area (Å²) in [7, 11) is -2.79. The number of hydrogen-bond donors (Lipinski definition) is 2. The molecule has 0 saturated carbocycles. The smallest absolute Gasteiger partial charge is 0.152 e. The van der Waals surface area contributed by atoms with E-state index in [1.807, 2.05) is 6.92 Å². The highest BCUT2D eigenvalue weighted by molar-refractivity contribution is 7.91. The van der Waals surface area contributed by atoms with Crippen molar-refractivity contribution in [1.82, 2.24) is 5.32 Å². The maximum absolute atomic E-state index is 11.1. The Morgan fingerprint density at radius 1 is 1.58 bits per heavy atom. The monoisotopic (exact) mass is 192 g/mol. The van der Waals surface area contributed by atoms with Crippen molar-refractivity contribution in [3.05, 3.63) is 0 Å². The van der Waals surface area contributed by atoms with Crippen LogP contribution in [0, 0.1) is 0 Å². The second-order valence-corrected chi connectivity index (χ2v) is 5.80. The molecule has 0 bridgehead atoms. The Labute approximate surface area is 73.4 Å². The van der Waals surface area contributed by atoms with Gasteiger partial charge in [-0.05, 0) is 13.3 Å². The molecular weight excluding hydrogens is 176 g/mol. The SMILES string of the molecule is CC1(NCCN)CCS(=O)(=O)C1. The second kappa shape index (κ2) is 3.32. The molecule has 12 heavy (non-hydrogen) atoms. The third-order valence-electron chi connectivity index (χ3n) is 2.20. The van der Waals surface area contributed by atoms with Gasteiger partial charge in [-0.25, -0.2) is 8.42 Å². The molecule has 4 nitrogen and oxygen atoms in total. The van der Waals surface area contributed by atoms with Crippen molar-refractivity contribution >= 4 is 9.84 Å². The van der Waals surface area contributed by atoms with Crippen LogP contribution in [-0.4, -0.2) is 38.6 Å². The number of hydrogen-bond acceptors (Lipinski definition) is 4. The number of nitrogens with one attached hydrogen (secondary N) is 1.